The molecule has 1 aromatic rings. The molecule has 1 heterocycles. The number of benzene rings is 1. The van der Waals surface area contributed by atoms with Crippen LogP contribution >= 0.6 is 0 Å². The summed E-state index contributed by atoms with van der Waals surface area (Å²) >= 11 is 0. The zero-order valence-corrected chi connectivity index (χ0v) is 10.9. The zero-order chi connectivity index (χ0) is 12.6. The van der Waals surface area contributed by atoms with Crippen LogP contribution in [0, 0.1) is 0 Å². The van der Waals surface area contributed by atoms with E-state index in [-0.39, 0.29) is 0 Å². The number of hydrogen-bond acceptors (Lipinski definition) is 4. The van der Waals surface area contributed by atoms with Crippen molar-refractivity contribution in [2.75, 3.05) is 40.1 Å². The monoisotopic (exact) mass is 251 g/mol. The summed E-state index contributed by atoms with van der Waals surface area (Å²) in [6.45, 7) is 3.65. The van der Waals surface area contributed by atoms with Crippen molar-refractivity contribution in [1.29, 1.82) is 0 Å². The number of methoxy groups -OCH3 is 1. The van der Waals surface area contributed by atoms with Crippen LogP contribution in [0.15, 0.2) is 24.3 Å². The normalized spacial score (nSPS) is 18.2. The van der Waals surface area contributed by atoms with Crippen LogP contribution in [0.3, 0.4) is 0 Å². The molecule has 1 atom stereocenters. The fraction of sp³-hybridized carbons (Fsp3) is 0.571. The Hall–Kier alpha value is -1.10. The molecule has 0 spiro atoms. The van der Waals surface area contributed by atoms with Crippen LogP contribution in [-0.2, 0) is 9.47 Å². The van der Waals surface area contributed by atoms with Gasteiger partial charge in [0.1, 0.15) is 5.75 Å². The van der Waals surface area contributed by atoms with Crippen molar-refractivity contribution in [2.45, 2.75) is 12.5 Å². The largest absolute Gasteiger partial charge is 0.493 e. The minimum atomic E-state index is 0.376. The van der Waals surface area contributed by atoms with Gasteiger partial charge in [0.2, 0.25) is 0 Å². The van der Waals surface area contributed by atoms with Crippen LogP contribution in [-0.4, -0.2) is 40.1 Å². The fourth-order valence-corrected chi connectivity index (χ4v) is 2.10. The molecular weight excluding hydrogens is 230 g/mol. The fourth-order valence-electron chi connectivity index (χ4n) is 2.10. The molecule has 18 heavy (non-hydrogen) atoms. The quantitative estimate of drug-likeness (QED) is 0.750. The molecule has 100 valence electrons. The summed E-state index contributed by atoms with van der Waals surface area (Å²) < 4.78 is 16.0. The predicted octanol–water partition coefficient (Wildman–Crippen LogP) is 1.76. The van der Waals surface area contributed by atoms with Gasteiger partial charge in [-0.1, -0.05) is 18.2 Å². The molecule has 4 nitrogen and oxygen atoms in total. The van der Waals surface area contributed by atoms with Crippen molar-refractivity contribution in [3.63, 3.8) is 0 Å². The number of fused-ring (bicyclic) bond motifs is 1. The second-order valence-electron chi connectivity index (χ2n) is 4.29. The van der Waals surface area contributed by atoms with Gasteiger partial charge < -0.3 is 19.5 Å². The predicted molar refractivity (Wildman–Crippen MR) is 70.0 cm³/mol. The number of rotatable bonds is 7. The summed E-state index contributed by atoms with van der Waals surface area (Å²) in [5.74, 6) is 1.00. The van der Waals surface area contributed by atoms with Crippen molar-refractivity contribution in [1.82, 2.24) is 5.32 Å². The molecule has 1 aromatic carbocycles. The maximum Gasteiger partial charge on any atom is 0.124 e. The Morgan fingerprint density at radius 1 is 1.28 bits per heavy atom. The molecule has 1 aliphatic heterocycles. The van der Waals surface area contributed by atoms with E-state index in [1.54, 1.807) is 7.11 Å². The second-order valence-corrected chi connectivity index (χ2v) is 4.29. The van der Waals surface area contributed by atoms with Gasteiger partial charge in [-0.25, -0.2) is 0 Å². The van der Waals surface area contributed by atoms with Gasteiger partial charge in [0.25, 0.3) is 0 Å². The van der Waals surface area contributed by atoms with Crippen molar-refractivity contribution < 1.29 is 14.2 Å². The average Bonchev–Trinajstić information content (AvgIpc) is 2.43. The molecule has 2 rings (SSSR count). The first-order valence-corrected chi connectivity index (χ1v) is 6.43. The lowest BCUT2D eigenvalue weighted by molar-refractivity contribution is 0.0704. The van der Waals surface area contributed by atoms with Crippen LogP contribution < -0.4 is 10.1 Å². The van der Waals surface area contributed by atoms with Crippen molar-refractivity contribution in [3.8, 4) is 5.75 Å². The lowest BCUT2D eigenvalue weighted by atomic mass is 10.0. The van der Waals surface area contributed by atoms with E-state index < -0.39 is 0 Å². The Bertz CT molecular complexity index is 357. The van der Waals surface area contributed by atoms with E-state index in [1.165, 1.54) is 5.56 Å². The summed E-state index contributed by atoms with van der Waals surface area (Å²) in [5.41, 5.74) is 1.25. The van der Waals surface area contributed by atoms with Gasteiger partial charge in [0.05, 0.1) is 26.4 Å². The first-order valence-electron chi connectivity index (χ1n) is 6.43. The lowest BCUT2D eigenvalue weighted by Gasteiger charge is -2.26. The Morgan fingerprint density at radius 2 is 2.17 bits per heavy atom. The molecule has 0 saturated heterocycles. The Labute approximate surface area is 108 Å². The molecule has 0 bridgehead atoms. The van der Waals surface area contributed by atoms with E-state index in [0.717, 1.165) is 25.3 Å². The highest BCUT2D eigenvalue weighted by atomic mass is 16.5. The maximum absolute atomic E-state index is 5.63. The molecular formula is C14H21NO3. The van der Waals surface area contributed by atoms with Crippen LogP contribution in [0.2, 0.25) is 0 Å². The highest BCUT2D eigenvalue weighted by Gasteiger charge is 2.19. The first kappa shape index (κ1) is 13.3. The van der Waals surface area contributed by atoms with Gasteiger partial charge in [0.15, 0.2) is 0 Å². The minimum absolute atomic E-state index is 0.376. The summed E-state index contributed by atoms with van der Waals surface area (Å²) in [5, 5.41) is 3.51. The first-order chi connectivity index (χ1) is 8.92. The molecule has 0 radical (unpaired) electrons. The van der Waals surface area contributed by atoms with Gasteiger partial charge in [-0.2, -0.15) is 0 Å². The van der Waals surface area contributed by atoms with Crippen LogP contribution in [0.4, 0.5) is 0 Å². The Balaban J connectivity index is 1.74. The third-order valence-electron chi connectivity index (χ3n) is 3.03. The Kier molecular flexibility index (Phi) is 5.45. The van der Waals surface area contributed by atoms with E-state index in [9.17, 15) is 0 Å². The number of para-hydroxylation sites is 1. The van der Waals surface area contributed by atoms with Crippen LogP contribution in [0.5, 0.6) is 5.75 Å². The Morgan fingerprint density at radius 3 is 3.06 bits per heavy atom. The van der Waals surface area contributed by atoms with Gasteiger partial charge in [-0.15, -0.1) is 0 Å². The van der Waals surface area contributed by atoms with E-state index in [2.05, 4.69) is 17.4 Å². The highest BCUT2D eigenvalue weighted by molar-refractivity contribution is 5.37. The standard InChI is InChI=1S/C14H21NO3/c1-16-10-11-17-9-7-15-13-6-8-18-14-5-3-2-4-12(13)14/h2-5,13,15H,6-11H2,1H3. The molecule has 0 aliphatic carbocycles. The van der Waals surface area contributed by atoms with Crippen molar-refractivity contribution >= 4 is 0 Å². The minimum Gasteiger partial charge on any atom is -0.493 e. The summed E-state index contributed by atoms with van der Waals surface area (Å²) in [6.07, 6.45) is 1.01. The molecule has 4 heteroatoms. The molecule has 1 unspecified atom stereocenters. The second kappa shape index (κ2) is 7.36. The average molecular weight is 251 g/mol. The van der Waals surface area contributed by atoms with E-state index in [4.69, 9.17) is 14.2 Å². The third kappa shape index (κ3) is 3.70. The molecule has 0 amide bonds. The molecule has 0 fully saturated rings. The number of hydrogen-bond donors (Lipinski definition) is 1. The third-order valence-corrected chi connectivity index (χ3v) is 3.03. The molecule has 1 N–H and O–H groups in total. The number of nitrogens with one attached hydrogen (secondary N) is 1. The van der Waals surface area contributed by atoms with Gasteiger partial charge in [0, 0.05) is 31.7 Å². The molecule has 1 aliphatic rings. The van der Waals surface area contributed by atoms with Gasteiger partial charge >= 0.3 is 0 Å². The summed E-state index contributed by atoms with van der Waals surface area (Å²) in [4.78, 5) is 0. The van der Waals surface area contributed by atoms with Gasteiger partial charge in [-0.05, 0) is 6.07 Å². The van der Waals surface area contributed by atoms with E-state index in [1.807, 2.05) is 12.1 Å². The van der Waals surface area contributed by atoms with E-state index >= 15 is 0 Å². The maximum atomic E-state index is 5.63. The van der Waals surface area contributed by atoms with E-state index in [0.29, 0.717) is 25.9 Å². The SMILES string of the molecule is COCCOCCNC1CCOc2ccccc21. The van der Waals surface area contributed by atoms with Crippen molar-refractivity contribution in [2.24, 2.45) is 0 Å². The highest BCUT2D eigenvalue weighted by Crippen LogP contribution is 2.31. The topological polar surface area (TPSA) is 39.7 Å². The molecule has 0 aromatic heterocycles. The molecule has 0 saturated carbocycles. The summed E-state index contributed by atoms with van der Waals surface area (Å²) in [7, 11) is 1.68. The van der Waals surface area contributed by atoms with Gasteiger partial charge in [-0.3, -0.25) is 0 Å². The number of ether oxygens (including phenoxy) is 3. The summed E-state index contributed by atoms with van der Waals surface area (Å²) in [6, 6.07) is 8.59. The van der Waals surface area contributed by atoms with Crippen LogP contribution in [0.25, 0.3) is 0 Å². The van der Waals surface area contributed by atoms with Crippen molar-refractivity contribution in [3.05, 3.63) is 29.8 Å². The zero-order valence-electron chi connectivity index (χ0n) is 10.9. The van der Waals surface area contributed by atoms with Crippen LogP contribution in [0.1, 0.15) is 18.0 Å². The lowest BCUT2D eigenvalue weighted by Crippen LogP contribution is -2.29. The smallest absolute Gasteiger partial charge is 0.124 e.